The predicted octanol–water partition coefficient (Wildman–Crippen LogP) is 5.10. The van der Waals surface area contributed by atoms with Gasteiger partial charge in [0.1, 0.15) is 17.4 Å². The highest BCUT2D eigenvalue weighted by Crippen LogP contribution is 2.40. The second-order valence-corrected chi connectivity index (χ2v) is 6.70. The smallest absolute Gasteiger partial charge is 0.123 e. The van der Waals surface area contributed by atoms with Crippen molar-refractivity contribution in [2.24, 2.45) is 0 Å². The zero-order valence-electron chi connectivity index (χ0n) is 11.1. The van der Waals surface area contributed by atoms with Crippen molar-refractivity contribution in [2.75, 3.05) is 6.61 Å². The predicted molar refractivity (Wildman–Crippen MR) is 89.0 cm³/mol. The van der Waals surface area contributed by atoms with E-state index in [4.69, 9.17) is 9.72 Å². The number of benzene rings is 2. The van der Waals surface area contributed by atoms with E-state index in [-0.39, 0.29) is 5.92 Å². The molecular weight excluding hydrogens is 346 g/mol. The molecule has 0 spiro atoms. The van der Waals surface area contributed by atoms with Gasteiger partial charge in [-0.25, -0.2) is 4.98 Å². The Kier molecular flexibility index (Phi) is 3.28. The Morgan fingerprint density at radius 2 is 1.90 bits per heavy atom. The minimum absolute atomic E-state index is 0.252. The molecule has 0 fully saturated rings. The van der Waals surface area contributed by atoms with Crippen LogP contribution in [0.25, 0.3) is 11.3 Å². The van der Waals surface area contributed by atoms with E-state index in [0.29, 0.717) is 6.61 Å². The minimum Gasteiger partial charge on any atom is -0.492 e. The standard InChI is InChI=1S/C17H12BrNOS/c18-14-7-3-1-6-12(14)15-10-21-17(19-15)13-9-20-16-8-4-2-5-11(13)16/h1-8,10,13H,9H2. The van der Waals surface area contributed by atoms with Crippen molar-refractivity contribution < 1.29 is 4.74 Å². The van der Waals surface area contributed by atoms with Crippen molar-refractivity contribution in [3.05, 3.63) is 69.0 Å². The van der Waals surface area contributed by atoms with Gasteiger partial charge in [0.25, 0.3) is 0 Å². The molecule has 0 saturated heterocycles. The fourth-order valence-corrected chi connectivity index (χ4v) is 4.02. The summed E-state index contributed by atoms with van der Waals surface area (Å²) < 4.78 is 6.84. The Balaban J connectivity index is 1.72. The van der Waals surface area contributed by atoms with Gasteiger partial charge in [0.05, 0.1) is 11.6 Å². The molecule has 1 aliphatic rings. The summed E-state index contributed by atoms with van der Waals surface area (Å²) in [5.41, 5.74) is 3.39. The first-order valence-electron chi connectivity index (χ1n) is 6.75. The molecule has 2 heterocycles. The van der Waals surface area contributed by atoms with Gasteiger partial charge in [0.2, 0.25) is 0 Å². The summed E-state index contributed by atoms with van der Waals surface area (Å²) >= 11 is 5.29. The van der Waals surface area contributed by atoms with Crippen LogP contribution in [0.3, 0.4) is 0 Å². The Morgan fingerprint density at radius 3 is 2.81 bits per heavy atom. The van der Waals surface area contributed by atoms with Crippen LogP contribution in [0.5, 0.6) is 5.75 Å². The van der Waals surface area contributed by atoms with Crippen molar-refractivity contribution in [3.63, 3.8) is 0 Å². The highest BCUT2D eigenvalue weighted by molar-refractivity contribution is 9.10. The molecule has 1 aromatic heterocycles. The molecule has 1 unspecified atom stereocenters. The summed E-state index contributed by atoms with van der Waals surface area (Å²) in [4.78, 5) is 4.83. The van der Waals surface area contributed by atoms with Crippen molar-refractivity contribution in [1.29, 1.82) is 0 Å². The molecule has 4 heteroatoms. The lowest BCUT2D eigenvalue weighted by atomic mass is 10.0. The SMILES string of the molecule is Brc1ccccc1-c1csc(C2COc3ccccc32)n1. The van der Waals surface area contributed by atoms with Crippen LogP contribution in [0, 0.1) is 0 Å². The number of thiazole rings is 1. The second kappa shape index (κ2) is 5.28. The van der Waals surface area contributed by atoms with Crippen LogP contribution in [0.15, 0.2) is 58.4 Å². The van der Waals surface area contributed by atoms with Gasteiger partial charge in [-0.3, -0.25) is 0 Å². The lowest BCUT2D eigenvalue weighted by Crippen LogP contribution is -2.01. The van der Waals surface area contributed by atoms with E-state index in [0.717, 1.165) is 26.5 Å². The third-order valence-electron chi connectivity index (χ3n) is 3.67. The maximum absolute atomic E-state index is 5.76. The third-order valence-corrected chi connectivity index (χ3v) is 5.32. The van der Waals surface area contributed by atoms with Crippen molar-refractivity contribution in [1.82, 2.24) is 4.98 Å². The first kappa shape index (κ1) is 13.0. The van der Waals surface area contributed by atoms with Crippen molar-refractivity contribution in [2.45, 2.75) is 5.92 Å². The average Bonchev–Trinajstić information content (AvgIpc) is 3.14. The van der Waals surface area contributed by atoms with Gasteiger partial charge in [-0.15, -0.1) is 11.3 Å². The molecule has 0 saturated carbocycles. The number of para-hydroxylation sites is 1. The van der Waals surface area contributed by atoms with Crippen molar-refractivity contribution >= 4 is 27.3 Å². The van der Waals surface area contributed by atoms with Gasteiger partial charge in [-0.05, 0) is 12.1 Å². The van der Waals surface area contributed by atoms with E-state index < -0.39 is 0 Å². The van der Waals surface area contributed by atoms with Crippen LogP contribution in [0.4, 0.5) is 0 Å². The van der Waals surface area contributed by atoms with Crippen molar-refractivity contribution in [3.8, 4) is 17.0 Å². The Hall–Kier alpha value is -1.65. The fraction of sp³-hybridized carbons (Fsp3) is 0.118. The van der Waals surface area contributed by atoms with Gasteiger partial charge in [0.15, 0.2) is 0 Å². The van der Waals surface area contributed by atoms with Gasteiger partial charge < -0.3 is 4.74 Å². The molecule has 0 radical (unpaired) electrons. The maximum Gasteiger partial charge on any atom is 0.123 e. The summed E-state index contributed by atoms with van der Waals surface area (Å²) in [5.74, 6) is 1.24. The monoisotopic (exact) mass is 357 g/mol. The van der Waals surface area contributed by atoms with Crippen LogP contribution in [0.1, 0.15) is 16.5 Å². The summed E-state index contributed by atoms with van der Waals surface area (Å²) in [6.45, 7) is 0.683. The molecule has 0 N–H and O–H groups in total. The third kappa shape index (κ3) is 2.28. The molecule has 0 bridgehead atoms. The van der Waals surface area contributed by atoms with E-state index in [1.165, 1.54) is 5.56 Å². The average molecular weight is 358 g/mol. The molecule has 0 aliphatic carbocycles. The molecule has 21 heavy (non-hydrogen) atoms. The summed E-state index contributed by atoms with van der Waals surface area (Å²) in [7, 11) is 0. The number of aromatic nitrogens is 1. The lowest BCUT2D eigenvalue weighted by molar-refractivity contribution is 0.343. The van der Waals surface area contributed by atoms with Crippen LogP contribution < -0.4 is 4.74 Å². The molecular formula is C17H12BrNOS. The normalized spacial score (nSPS) is 16.5. The molecule has 1 atom stereocenters. The van der Waals surface area contributed by atoms with Crippen LogP contribution >= 0.6 is 27.3 Å². The van der Waals surface area contributed by atoms with Gasteiger partial charge >= 0.3 is 0 Å². The number of rotatable bonds is 2. The van der Waals surface area contributed by atoms with E-state index in [1.807, 2.05) is 30.3 Å². The molecule has 4 rings (SSSR count). The van der Waals surface area contributed by atoms with E-state index >= 15 is 0 Å². The second-order valence-electron chi connectivity index (χ2n) is 4.95. The zero-order chi connectivity index (χ0) is 14.2. The summed E-state index contributed by atoms with van der Waals surface area (Å²) in [6.07, 6.45) is 0. The summed E-state index contributed by atoms with van der Waals surface area (Å²) in [5, 5.41) is 3.24. The molecule has 1 aliphatic heterocycles. The van der Waals surface area contributed by atoms with Gasteiger partial charge in [-0.2, -0.15) is 0 Å². The Bertz CT molecular complexity index is 799. The Morgan fingerprint density at radius 1 is 1.10 bits per heavy atom. The quantitative estimate of drug-likeness (QED) is 0.636. The maximum atomic E-state index is 5.76. The van der Waals surface area contributed by atoms with Crippen LogP contribution in [-0.4, -0.2) is 11.6 Å². The number of halogens is 1. The molecule has 3 aromatic rings. The molecule has 0 amide bonds. The number of fused-ring (bicyclic) bond motifs is 1. The van der Waals surface area contributed by atoms with Gasteiger partial charge in [-0.1, -0.05) is 52.3 Å². The zero-order valence-corrected chi connectivity index (χ0v) is 13.5. The first-order valence-corrected chi connectivity index (χ1v) is 8.42. The lowest BCUT2D eigenvalue weighted by Gasteiger charge is -2.04. The molecule has 2 nitrogen and oxygen atoms in total. The largest absolute Gasteiger partial charge is 0.492 e. The van der Waals surface area contributed by atoms with Gasteiger partial charge in [0, 0.05) is 21.0 Å². The summed E-state index contributed by atoms with van der Waals surface area (Å²) in [6, 6.07) is 16.4. The van der Waals surface area contributed by atoms with E-state index in [1.54, 1.807) is 11.3 Å². The number of hydrogen-bond donors (Lipinski definition) is 0. The molecule has 2 aromatic carbocycles. The van der Waals surface area contributed by atoms with Crippen LogP contribution in [0.2, 0.25) is 0 Å². The number of ether oxygens (including phenoxy) is 1. The highest BCUT2D eigenvalue weighted by atomic mass is 79.9. The minimum atomic E-state index is 0.252. The highest BCUT2D eigenvalue weighted by Gasteiger charge is 2.27. The fourth-order valence-electron chi connectivity index (χ4n) is 2.61. The first-order chi connectivity index (χ1) is 10.3. The van der Waals surface area contributed by atoms with E-state index in [9.17, 15) is 0 Å². The van der Waals surface area contributed by atoms with E-state index in [2.05, 4.69) is 39.5 Å². The van der Waals surface area contributed by atoms with Crippen LogP contribution in [-0.2, 0) is 0 Å². The molecule has 104 valence electrons. The number of nitrogens with zero attached hydrogens (tertiary/aromatic N) is 1. The number of hydrogen-bond acceptors (Lipinski definition) is 3. The Labute approximate surface area is 135 Å². The topological polar surface area (TPSA) is 22.1 Å².